The normalized spacial score (nSPS) is 12.7. The van der Waals surface area contributed by atoms with Crippen molar-refractivity contribution in [3.63, 3.8) is 0 Å². The molecule has 0 spiro atoms. The van der Waals surface area contributed by atoms with E-state index in [0.717, 1.165) is 52.4 Å². The molecule has 156 valence electrons. The lowest BCUT2D eigenvalue weighted by molar-refractivity contribution is 0.771. The maximum absolute atomic E-state index is 5.72. The van der Waals surface area contributed by atoms with E-state index in [1.165, 1.54) is 11.1 Å². The number of hydrogen-bond acceptors (Lipinski definition) is 3. The van der Waals surface area contributed by atoms with Gasteiger partial charge in [0.05, 0.1) is 11.1 Å². The van der Waals surface area contributed by atoms with Crippen LogP contribution in [0.1, 0.15) is 5.56 Å². The Balaban J connectivity index is 1.85. The zero-order valence-corrected chi connectivity index (χ0v) is 18.6. The minimum atomic E-state index is 0.614. The second-order valence-electron chi connectivity index (χ2n) is 8.15. The van der Waals surface area contributed by atoms with Crippen LogP contribution in [0.3, 0.4) is 0 Å². The van der Waals surface area contributed by atoms with Gasteiger partial charge in [-0.25, -0.2) is 4.98 Å². The topological polar surface area (TPSA) is 34.8 Å². The molecule has 0 saturated heterocycles. The molecule has 1 N–H and O–H groups in total. The molecule has 0 fully saturated rings. The summed E-state index contributed by atoms with van der Waals surface area (Å²) in [5.74, 6) is 1.06. The summed E-state index contributed by atoms with van der Waals surface area (Å²) in [4.78, 5) is 4.98. The van der Waals surface area contributed by atoms with Crippen LogP contribution < -0.4 is 5.32 Å². The van der Waals surface area contributed by atoms with Crippen LogP contribution in [0.15, 0.2) is 84.9 Å². The molecule has 0 aliphatic carbocycles. The van der Waals surface area contributed by atoms with Gasteiger partial charge in [-0.2, -0.15) is 0 Å². The van der Waals surface area contributed by atoms with Crippen LogP contribution in [0.4, 0.5) is 5.82 Å². The van der Waals surface area contributed by atoms with Gasteiger partial charge < -0.3 is 9.88 Å². The highest BCUT2D eigenvalue weighted by Crippen LogP contribution is 2.45. The number of aromatic nitrogens is 3. The van der Waals surface area contributed by atoms with Crippen molar-refractivity contribution in [3.8, 4) is 28.1 Å². The molecule has 0 bridgehead atoms. The first-order valence-electron chi connectivity index (χ1n) is 10.8. The van der Waals surface area contributed by atoms with Crippen molar-refractivity contribution in [2.24, 2.45) is 0 Å². The molecule has 32 heavy (non-hydrogen) atoms. The number of rotatable bonds is 3. The molecule has 1 aliphatic heterocycles. The molecule has 0 saturated carbocycles. The second kappa shape index (κ2) is 7.46. The van der Waals surface area contributed by atoms with Crippen LogP contribution in [-0.4, -0.2) is 20.7 Å². The predicted octanol–water partition coefficient (Wildman–Crippen LogP) is 6.62. The zero-order chi connectivity index (χ0) is 21.7. The minimum Gasteiger partial charge on any atom is -0.369 e. The van der Waals surface area contributed by atoms with Gasteiger partial charge in [0, 0.05) is 24.3 Å². The Morgan fingerprint density at radius 1 is 0.844 bits per heavy atom. The van der Waals surface area contributed by atoms with Gasteiger partial charge in [-0.05, 0) is 42.4 Å². The summed E-state index contributed by atoms with van der Waals surface area (Å²) >= 11 is 5.72. The fraction of sp³-hybridized carbons (Fsp3) is 0.111. The van der Waals surface area contributed by atoms with Crippen molar-refractivity contribution < 1.29 is 0 Å². The lowest BCUT2D eigenvalue weighted by Gasteiger charge is -2.13. The van der Waals surface area contributed by atoms with Crippen LogP contribution in [-0.2, 0) is 6.54 Å². The van der Waals surface area contributed by atoms with Gasteiger partial charge >= 0.3 is 0 Å². The van der Waals surface area contributed by atoms with Gasteiger partial charge in [0.2, 0.25) is 4.77 Å². The van der Waals surface area contributed by atoms with Gasteiger partial charge in [-0.1, -0.05) is 78.4 Å². The quantitative estimate of drug-likeness (QED) is 0.324. The average molecular weight is 435 g/mol. The van der Waals surface area contributed by atoms with Gasteiger partial charge in [0.25, 0.3) is 0 Å². The lowest BCUT2D eigenvalue weighted by Crippen LogP contribution is -2.02. The zero-order valence-electron chi connectivity index (χ0n) is 17.7. The van der Waals surface area contributed by atoms with Crippen LogP contribution in [0.2, 0.25) is 0 Å². The summed E-state index contributed by atoms with van der Waals surface area (Å²) in [6.07, 6.45) is 0. The second-order valence-corrected chi connectivity index (χ2v) is 8.51. The molecule has 0 radical (unpaired) electrons. The summed E-state index contributed by atoms with van der Waals surface area (Å²) in [6, 6.07) is 29.8. The fourth-order valence-corrected chi connectivity index (χ4v) is 4.92. The standard InChI is InChI=1S/C27H22N4S/c1-18-12-14-21(15-13-18)31-24(20-10-6-3-7-11-20)22(19-8-4-2-5-9-19)23-25-28-16-17-30(25)27(32)29-26(23)31/h2-15,28H,16-17H2,1H3. The van der Waals surface area contributed by atoms with Crippen molar-refractivity contribution in [1.82, 2.24) is 14.1 Å². The first-order chi connectivity index (χ1) is 15.7. The Kier molecular flexibility index (Phi) is 4.44. The molecule has 5 aromatic rings. The van der Waals surface area contributed by atoms with Crippen LogP contribution in [0, 0.1) is 11.7 Å². The smallest absolute Gasteiger partial charge is 0.203 e. The van der Waals surface area contributed by atoms with Crippen molar-refractivity contribution in [2.45, 2.75) is 13.5 Å². The van der Waals surface area contributed by atoms with E-state index in [0.29, 0.717) is 4.77 Å². The van der Waals surface area contributed by atoms with Crippen LogP contribution in [0.5, 0.6) is 0 Å². The maximum atomic E-state index is 5.72. The van der Waals surface area contributed by atoms with Gasteiger partial charge in [-0.3, -0.25) is 4.57 Å². The monoisotopic (exact) mass is 434 g/mol. The Morgan fingerprint density at radius 3 is 2.19 bits per heavy atom. The van der Waals surface area contributed by atoms with Crippen molar-refractivity contribution in [2.75, 3.05) is 11.9 Å². The van der Waals surface area contributed by atoms with E-state index in [9.17, 15) is 0 Å². The van der Waals surface area contributed by atoms with E-state index in [4.69, 9.17) is 17.2 Å². The number of hydrogen-bond donors (Lipinski definition) is 1. The van der Waals surface area contributed by atoms with E-state index in [1.807, 2.05) is 0 Å². The minimum absolute atomic E-state index is 0.614. The van der Waals surface area contributed by atoms with Crippen molar-refractivity contribution in [1.29, 1.82) is 0 Å². The van der Waals surface area contributed by atoms with E-state index in [1.54, 1.807) is 0 Å². The summed E-state index contributed by atoms with van der Waals surface area (Å²) < 4.78 is 5.00. The molecule has 5 heteroatoms. The van der Waals surface area contributed by atoms with E-state index >= 15 is 0 Å². The molecular weight excluding hydrogens is 412 g/mol. The Morgan fingerprint density at radius 2 is 1.50 bits per heavy atom. The number of aryl methyl sites for hydroxylation is 1. The maximum Gasteiger partial charge on any atom is 0.203 e. The van der Waals surface area contributed by atoms with Crippen molar-refractivity contribution in [3.05, 3.63) is 95.3 Å². The number of fused-ring (bicyclic) bond motifs is 3. The molecule has 0 atom stereocenters. The lowest BCUT2D eigenvalue weighted by atomic mass is 9.99. The number of nitrogens with one attached hydrogen (secondary N) is 1. The SMILES string of the molecule is Cc1ccc(-n2c(-c3ccccc3)c(-c3ccccc3)c3c4n(c(=S)nc32)CCN4)cc1. The summed E-state index contributed by atoms with van der Waals surface area (Å²) in [7, 11) is 0. The number of benzene rings is 3. The van der Waals surface area contributed by atoms with Gasteiger partial charge in [0.15, 0.2) is 5.65 Å². The number of anilines is 1. The van der Waals surface area contributed by atoms with E-state index in [-0.39, 0.29) is 0 Å². The van der Waals surface area contributed by atoms with E-state index in [2.05, 4.69) is 106 Å². The summed E-state index contributed by atoms with van der Waals surface area (Å²) in [5.41, 5.74) is 7.80. The van der Waals surface area contributed by atoms with Crippen LogP contribution >= 0.6 is 12.2 Å². The van der Waals surface area contributed by atoms with Gasteiger partial charge in [-0.15, -0.1) is 0 Å². The molecule has 0 unspecified atom stereocenters. The molecular formula is C27H22N4S. The third-order valence-electron chi connectivity index (χ3n) is 6.11. The fourth-order valence-electron chi connectivity index (χ4n) is 4.65. The molecule has 3 heterocycles. The highest BCUT2D eigenvalue weighted by atomic mass is 32.1. The summed E-state index contributed by atoms with van der Waals surface area (Å²) in [5, 5.41) is 4.70. The Bertz CT molecular complexity index is 1500. The largest absolute Gasteiger partial charge is 0.369 e. The summed E-state index contributed by atoms with van der Waals surface area (Å²) in [6.45, 7) is 3.80. The molecule has 2 aromatic heterocycles. The van der Waals surface area contributed by atoms with Gasteiger partial charge in [0.1, 0.15) is 5.82 Å². The molecule has 4 nitrogen and oxygen atoms in total. The average Bonchev–Trinajstić information content (AvgIpc) is 3.44. The molecule has 3 aromatic carbocycles. The number of nitrogens with zero attached hydrogens (tertiary/aromatic N) is 3. The highest BCUT2D eigenvalue weighted by molar-refractivity contribution is 7.71. The molecule has 0 amide bonds. The third-order valence-corrected chi connectivity index (χ3v) is 6.43. The molecule has 1 aliphatic rings. The Labute approximate surface area is 191 Å². The molecule has 6 rings (SSSR count). The van der Waals surface area contributed by atoms with E-state index < -0.39 is 0 Å². The predicted molar refractivity (Wildman–Crippen MR) is 134 cm³/mol. The first-order valence-corrected chi connectivity index (χ1v) is 11.2. The third kappa shape index (κ3) is 2.89. The first kappa shape index (κ1) is 19.0. The Hall–Kier alpha value is -3.70. The highest BCUT2D eigenvalue weighted by Gasteiger charge is 2.27. The van der Waals surface area contributed by atoms with Crippen LogP contribution in [0.25, 0.3) is 39.1 Å². The van der Waals surface area contributed by atoms with Crippen molar-refractivity contribution >= 4 is 29.1 Å².